The number of benzene rings is 2. The van der Waals surface area contributed by atoms with Gasteiger partial charge in [0.1, 0.15) is 81.7 Å². The Labute approximate surface area is 593 Å². The Hall–Kier alpha value is -10.0. The van der Waals surface area contributed by atoms with Crippen LogP contribution in [0.2, 0.25) is 0 Å². The molecule has 2 saturated heterocycles. The summed E-state index contributed by atoms with van der Waals surface area (Å²) in [4.78, 5) is 146. The molecule has 28 heteroatoms. The highest BCUT2D eigenvalue weighted by Crippen LogP contribution is 2.47. The molecule has 4 fully saturated rings. The van der Waals surface area contributed by atoms with Crippen LogP contribution in [0, 0.1) is 11.8 Å². The molecule has 28 nitrogen and oxygen atoms in total. The zero-order valence-electron chi connectivity index (χ0n) is 60.2. The van der Waals surface area contributed by atoms with Gasteiger partial charge in [0.2, 0.25) is 23.6 Å². The van der Waals surface area contributed by atoms with E-state index in [1.807, 2.05) is 18.2 Å². The van der Waals surface area contributed by atoms with Gasteiger partial charge in [-0.05, 0) is 117 Å². The Balaban J connectivity index is 0.000000259. The molecule has 6 amide bonds. The molecule has 2 aromatic heterocycles. The monoisotopic (exact) mass is 1420 g/mol. The number of methoxy groups -OCH3 is 6. The number of nitrogens with one attached hydrogen (secondary N) is 4. The topological polar surface area (TPSA) is 343 Å². The second-order valence-corrected chi connectivity index (χ2v) is 27.9. The summed E-state index contributed by atoms with van der Waals surface area (Å²) >= 11 is 0. The number of hydrogen-bond donors (Lipinski definition) is 4. The van der Waals surface area contributed by atoms with E-state index in [1.165, 1.54) is 64.6 Å². The first kappa shape index (κ1) is 77.7. The van der Waals surface area contributed by atoms with E-state index < -0.39 is 118 Å². The van der Waals surface area contributed by atoms with Gasteiger partial charge in [0.15, 0.2) is 11.4 Å². The molecule has 9 rings (SSSR count). The van der Waals surface area contributed by atoms with Gasteiger partial charge < -0.3 is 78.4 Å². The molecule has 10 atom stereocenters. The summed E-state index contributed by atoms with van der Waals surface area (Å²) in [5.74, 6) is -3.67. The minimum atomic E-state index is -1.31. The van der Waals surface area contributed by atoms with E-state index in [0.717, 1.165) is 38.5 Å². The Morgan fingerprint density at radius 1 is 0.696 bits per heavy atom. The minimum Gasteiger partial charge on any atom is -0.497 e. The number of hydrogen-bond acceptors (Lipinski definition) is 22. The lowest BCUT2D eigenvalue weighted by Gasteiger charge is -2.30. The van der Waals surface area contributed by atoms with Crippen LogP contribution in [-0.2, 0) is 57.2 Å². The molecule has 3 aliphatic heterocycles. The first-order valence-electron chi connectivity index (χ1n) is 34.3. The van der Waals surface area contributed by atoms with Crippen LogP contribution in [0.25, 0.3) is 21.8 Å². The number of ether oxygens (including phenoxy) is 10. The average molecular weight is 1420 g/mol. The average Bonchev–Trinajstić information content (AvgIpc) is 1.58. The molecule has 0 spiro atoms. The van der Waals surface area contributed by atoms with Crippen molar-refractivity contribution < 1.29 is 95.3 Å². The lowest BCUT2D eigenvalue weighted by Crippen LogP contribution is -2.56. The van der Waals surface area contributed by atoms with E-state index in [4.69, 9.17) is 47.4 Å². The number of aromatic nitrogens is 2. The standard InChI is InChI=1S/C38H50N4O10.C36H46N4O10/c1-9-11-12-13-14-15-27(40-36(47)52-37(3,4)5)33(44)42-22-25(19-30(42)32(43)41-38(35(46)50-8)21-23(38)10-2)51-31-20-29(34(45)49-7)39-28-18-24(48-6)16-17-26(28)31;1-35(2,3)50-34(45)38-25-13-11-9-7-8-10-12-21-19-36(21,33(44)48-6)39-30(41)28-17-23(20-40(28)31(25)42)49-29-18-27(32(43)47-5)37-26-16-22(46-4)14-15-24(26)29/h9-10,16-18,20,23,25,27,30H,1-2,11-15,19,21-22H2,3-8H3,(H,40,47)(H,41,43);10,12,14-16,18,21,23,25,28H,7-9,11,13,17,19-20H2,1-6H3,(H,38,45)(H,39,41)/b;12-10-/t23?,25-,27+,30+,38-;21?,23-,25+,28+,36-/m11/s1. The summed E-state index contributed by atoms with van der Waals surface area (Å²) < 4.78 is 54.5. The third-order valence-corrected chi connectivity index (χ3v) is 18.2. The van der Waals surface area contributed by atoms with Crippen LogP contribution in [-0.4, -0.2) is 194 Å². The van der Waals surface area contributed by atoms with Crippen molar-refractivity contribution in [1.82, 2.24) is 41.0 Å². The molecule has 2 unspecified atom stereocenters. The molecule has 0 bridgehead atoms. The summed E-state index contributed by atoms with van der Waals surface area (Å²) in [6.07, 6.45) is 11.8. The van der Waals surface area contributed by atoms with Crippen LogP contribution >= 0.6 is 0 Å². The molecule has 0 radical (unpaired) electrons. The van der Waals surface area contributed by atoms with Crippen LogP contribution < -0.4 is 40.2 Å². The minimum absolute atomic E-state index is 0.000565. The lowest BCUT2D eigenvalue weighted by molar-refractivity contribution is -0.148. The van der Waals surface area contributed by atoms with Crippen molar-refractivity contribution in [2.45, 2.75) is 190 Å². The lowest BCUT2D eigenvalue weighted by atomic mass is 10.0. The fourth-order valence-electron chi connectivity index (χ4n) is 12.9. The Morgan fingerprint density at radius 2 is 1.28 bits per heavy atom. The summed E-state index contributed by atoms with van der Waals surface area (Å²) in [7, 11) is 8.02. The second-order valence-electron chi connectivity index (χ2n) is 27.9. The number of allylic oxidation sites excluding steroid dienone is 2. The first-order valence-corrected chi connectivity index (χ1v) is 34.3. The van der Waals surface area contributed by atoms with Gasteiger partial charge in [-0.2, -0.15) is 0 Å². The summed E-state index contributed by atoms with van der Waals surface area (Å²) in [5, 5.41) is 12.3. The maximum absolute atomic E-state index is 14.4. The molecular formula is C74H96N8O20. The molecule has 5 heterocycles. The van der Waals surface area contributed by atoms with Crippen LogP contribution in [0.1, 0.15) is 152 Å². The van der Waals surface area contributed by atoms with Crippen molar-refractivity contribution in [3.05, 3.63) is 97.4 Å². The number of esters is 4. The third-order valence-electron chi connectivity index (χ3n) is 18.2. The number of unbranched alkanes of at least 4 members (excludes halogenated alkanes) is 3. The van der Waals surface area contributed by atoms with E-state index in [2.05, 4.69) is 44.4 Å². The fourth-order valence-corrected chi connectivity index (χ4v) is 12.9. The largest absolute Gasteiger partial charge is 0.497 e. The molecule has 102 heavy (non-hydrogen) atoms. The maximum atomic E-state index is 14.4. The van der Waals surface area contributed by atoms with Gasteiger partial charge in [0.25, 0.3) is 0 Å². The van der Waals surface area contributed by atoms with Gasteiger partial charge >= 0.3 is 36.1 Å². The van der Waals surface area contributed by atoms with Gasteiger partial charge in [0, 0.05) is 59.7 Å². The number of carbonyl (C=O) groups excluding carboxylic acids is 10. The summed E-state index contributed by atoms with van der Waals surface area (Å²) in [6, 6.07) is 8.97. The number of pyridine rings is 2. The highest BCUT2D eigenvalue weighted by Gasteiger charge is 2.63. The normalized spacial score (nSPS) is 23.7. The van der Waals surface area contributed by atoms with Gasteiger partial charge in [-0.3, -0.25) is 19.2 Å². The smallest absolute Gasteiger partial charge is 0.408 e. The van der Waals surface area contributed by atoms with Crippen molar-refractivity contribution in [2.75, 3.05) is 55.7 Å². The van der Waals surface area contributed by atoms with E-state index in [9.17, 15) is 47.9 Å². The third kappa shape index (κ3) is 19.1. The van der Waals surface area contributed by atoms with E-state index in [1.54, 1.807) is 84.0 Å². The van der Waals surface area contributed by atoms with Crippen molar-refractivity contribution >= 4 is 81.5 Å². The maximum Gasteiger partial charge on any atom is 0.408 e. The van der Waals surface area contributed by atoms with E-state index in [0.29, 0.717) is 71.2 Å². The predicted octanol–water partition coefficient (Wildman–Crippen LogP) is 8.48. The highest BCUT2D eigenvalue weighted by molar-refractivity contribution is 5.99. The molecule has 5 aliphatic rings. The number of nitrogens with zero attached hydrogens (tertiary/aromatic N) is 4. The van der Waals surface area contributed by atoms with E-state index in [-0.39, 0.29) is 61.3 Å². The summed E-state index contributed by atoms with van der Waals surface area (Å²) in [6.45, 7) is 17.8. The van der Waals surface area contributed by atoms with Crippen LogP contribution in [0.5, 0.6) is 23.0 Å². The van der Waals surface area contributed by atoms with Crippen LogP contribution in [0.15, 0.2) is 86.0 Å². The number of alkyl carbamates (subject to hydrolysis) is 2. The van der Waals surface area contributed by atoms with E-state index >= 15 is 0 Å². The van der Waals surface area contributed by atoms with Gasteiger partial charge in [-0.1, -0.05) is 50.0 Å². The number of carbonyl (C=O) groups is 10. The molecule has 2 aliphatic carbocycles. The van der Waals surface area contributed by atoms with Gasteiger partial charge in [0.05, 0.1) is 66.8 Å². The Morgan fingerprint density at radius 3 is 1.82 bits per heavy atom. The molecular weight excluding hydrogens is 1320 g/mol. The predicted molar refractivity (Wildman–Crippen MR) is 372 cm³/mol. The molecule has 4 N–H and O–H groups in total. The summed E-state index contributed by atoms with van der Waals surface area (Å²) in [5.41, 5.74) is -3.36. The molecule has 4 aromatic rings. The number of likely N-dealkylation sites (tertiary alicyclic amines) is 1. The van der Waals surface area contributed by atoms with Crippen LogP contribution in [0.4, 0.5) is 9.59 Å². The van der Waals surface area contributed by atoms with Gasteiger partial charge in [-0.25, -0.2) is 38.7 Å². The van der Waals surface area contributed by atoms with Crippen LogP contribution in [0.3, 0.4) is 0 Å². The zero-order valence-corrected chi connectivity index (χ0v) is 60.2. The number of fused-ring (bicyclic) bond motifs is 4. The van der Waals surface area contributed by atoms with Gasteiger partial charge in [-0.15, -0.1) is 13.2 Å². The molecule has 552 valence electrons. The quantitative estimate of drug-likeness (QED) is 0.0248. The number of amides is 6. The Kier molecular flexibility index (Phi) is 25.6. The Bertz CT molecular complexity index is 3850. The second kappa shape index (κ2) is 33.6. The number of rotatable bonds is 22. The zero-order chi connectivity index (χ0) is 74.4. The molecule has 2 saturated carbocycles. The molecule has 2 aromatic carbocycles. The van der Waals surface area contributed by atoms with Crippen molar-refractivity contribution in [1.29, 1.82) is 0 Å². The fraction of sp³-hybridized carbons (Fsp3) is 0.541. The van der Waals surface area contributed by atoms with Crippen molar-refractivity contribution in [2.24, 2.45) is 11.8 Å². The van der Waals surface area contributed by atoms with Crippen molar-refractivity contribution in [3.63, 3.8) is 0 Å². The SMILES string of the molecule is C=CCCCCC[C@H](NC(=O)OC(C)(C)C)C(=O)N1C[C@H](Oc2cc(C(=O)OC)nc3cc(OC)ccc23)C[C@H]1C(=O)N[C@]1(C(=O)OC)CC1C=C.COC(=O)c1cc(O[C@@H]2C[C@H]3C(=O)N[C@]4(C(=O)OC)CC4/C=C\CCCCC[C@H](NC(=O)OC(C)(C)C)C(=O)N3C2)c2ccc(OC)cc2n1. The van der Waals surface area contributed by atoms with Crippen molar-refractivity contribution in [3.8, 4) is 23.0 Å². The first-order chi connectivity index (χ1) is 48.5. The highest BCUT2D eigenvalue weighted by atomic mass is 16.6.